The fourth-order valence-electron chi connectivity index (χ4n) is 1.34. The number of hydrogen-bond acceptors (Lipinski definition) is 4. The van der Waals surface area contributed by atoms with E-state index in [0.717, 1.165) is 0 Å². The van der Waals surface area contributed by atoms with E-state index in [0.29, 0.717) is 0 Å². The zero-order chi connectivity index (χ0) is 13.0. The summed E-state index contributed by atoms with van der Waals surface area (Å²) in [6.07, 6.45) is 0. The maximum atomic E-state index is 11.7. The van der Waals surface area contributed by atoms with Crippen molar-refractivity contribution in [1.29, 1.82) is 0 Å². The van der Waals surface area contributed by atoms with Crippen LogP contribution in [-0.4, -0.2) is 23.0 Å². The van der Waals surface area contributed by atoms with Gasteiger partial charge in [0.25, 0.3) is 5.91 Å². The van der Waals surface area contributed by atoms with E-state index in [9.17, 15) is 14.7 Å². The Morgan fingerprint density at radius 1 is 1.24 bits per heavy atom. The van der Waals surface area contributed by atoms with E-state index in [1.54, 1.807) is 13.8 Å². The van der Waals surface area contributed by atoms with Crippen LogP contribution in [0.4, 0.5) is 0 Å². The Labute approximate surface area is 99.1 Å². The van der Waals surface area contributed by atoms with E-state index in [2.05, 4.69) is 5.32 Å². The molecule has 1 atom stereocenters. The lowest BCUT2D eigenvalue weighted by atomic mass is 10.0. The molecule has 0 spiro atoms. The highest BCUT2D eigenvalue weighted by atomic mass is 16.4. The number of aromatic hydroxyl groups is 1. The van der Waals surface area contributed by atoms with Crippen LogP contribution in [0.1, 0.15) is 24.2 Å². The van der Waals surface area contributed by atoms with Gasteiger partial charge in [-0.25, -0.2) is 0 Å². The molecule has 0 heterocycles. The zero-order valence-corrected chi connectivity index (χ0v) is 9.64. The monoisotopic (exact) mass is 236 g/mol. The summed E-state index contributed by atoms with van der Waals surface area (Å²) >= 11 is 0. The number of carboxylic acids is 1. The SMILES string of the molecule is CC(C)[C@@H](NC(=O)c1ccc(O)cc1)C(=O)[O-]. The van der Waals surface area contributed by atoms with Crippen LogP contribution in [0.5, 0.6) is 5.75 Å². The average Bonchev–Trinajstić information content (AvgIpc) is 2.25. The number of carbonyl (C=O) groups is 2. The molecule has 5 heteroatoms. The van der Waals surface area contributed by atoms with Crippen molar-refractivity contribution in [3.05, 3.63) is 29.8 Å². The lowest BCUT2D eigenvalue weighted by Crippen LogP contribution is -2.50. The third-order valence-electron chi connectivity index (χ3n) is 2.34. The van der Waals surface area contributed by atoms with Crippen molar-refractivity contribution in [1.82, 2.24) is 5.32 Å². The summed E-state index contributed by atoms with van der Waals surface area (Å²) in [7, 11) is 0. The first-order valence-electron chi connectivity index (χ1n) is 5.22. The smallest absolute Gasteiger partial charge is 0.251 e. The lowest BCUT2D eigenvalue weighted by molar-refractivity contribution is -0.309. The average molecular weight is 236 g/mol. The highest BCUT2D eigenvalue weighted by Crippen LogP contribution is 2.10. The molecule has 1 aromatic carbocycles. The molecule has 17 heavy (non-hydrogen) atoms. The molecule has 2 N–H and O–H groups in total. The molecule has 0 aliphatic carbocycles. The van der Waals surface area contributed by atoms with Gasteiger partial charge in [-0.2, -0.15) is 0 Å². The number of nitrogens with one attached hydrogen (secondary N) is 1. The molecule has 0 unspecified atom stereocenters. The maximum absolute atomic E-state index is 11.7. The third kappa shape index (κ3) is 3.48. The number of benzene rings is 1. The van der Waals surface area contributed by atoms with Gasteiger partial charge in [-0.05, 0) is 30.2 Å². The van der Waals surface area contributed by atoms with Gasteiger partial charge >= 0.3 is 0 Å². The second kappa shape index (κ2) is 5.34. The van der Waals surface area contributed by atoms with Crippen LogP contribution in [0.3, 0.4) is 0 Å². The molecule has 0 fully saturated rings. The van der Waals surface area contributed by atoms with Gasteiger partial charge in [-0.3, -0.25) is 4.79 Å². The van der Waals surface area contributed by atoms with Gasteiger partial charge in [0.05, 0.1) is 12.0 Å². The quantitative estimate of drug-likeness (QED) is 0.763. The summed E-state index contributed by atoms with van der Waals surface area (Å²) in [5, 5.41) is 22.2. The van der Waals surface area contributed by atoms with Gasteiger partial charge in [0.15, 0.2) is 0 Å². The molecular formula is C12H14NO4-. The van der Waals surface area contributed by atoms with Crippen LogP contribution in [0.25, 0.3) is 0 Å². The third-order valence-corrected chi connectivity index (χ3v) is 2.34. The standard InChI is InChI=1S/C12H15NO4/c1-7(2)10(12(16)17)13-11(15)8-3-5-9(14)6-4-8/h3-7,10,14H,1-2H3,(H,13,15)(H,16,17)/p-1/t10-/m1/s1. The number of phenols is 1. The van der Waals surface area contributed by atoms with Gasteiger partial charge in [-0.15, -0.1) is 0 Å². The van der Waals surface area contributed by atoms with Gasteiger partial charge in [0.1, 0.15) is 5.75 Å². The summed E-state index contributed by atoms with van der Waals surface area (Å²) in [4.78, 5) is 22.5. The van der Waals surface area contributed by atoms with Crippen LogP contribution in [-0.2, 0) is 4.79 Å². The molecular weight excluding hydrogens is 222 g/mol. The van der Waals surface area contributed by atoms with Crippen LogP contribution in [0.2, 0.25) is 0 Å². The maximum Gasteiger partial charge on any atom is 0.251 e. The fraction of sp³-hybridized carbons (Fsp3) is 0.333. The second-order valence-electron chi connectivity index (χ2n) is 4.06. The van der Waals surface area contributed by atoms with Crippen LogP contribution in [0, 0.1) is 5.92 Å². The van der Waals surface area contributed by atoms with Gasteiger partial charge in [0.2, 0.25) is 0 Å². The fourth-order valence-corrected chi connectivity index (χ4v) is 1.34. The summed E-state index contributed by atoms with van der Waals surface area (Å²) in [6.45, 7) is 3.36. The number of phenolic OH excluding ortho intramolecular Hbond substituents is 1. The van der Waals surface area contributed by atoms with Crippen molar-refractivity contribution < 1.29 is 19.8 Å². The van der Waals surface area contributed by atoms with Crippen molar-refractivity contribution in [2.24, 2.45) is 5.92 Å². The van der Waals surface area contributed by atoms with Crippen molar-refractivity contribution in [2.45, 2.75) is 19.9 Å². The van der Waals surface area contributed by atoms with Gasteiger partial charge in [-0.1, -0.05) is 13.8 Å². The first-order chi connectivity index (χ1) is 7.91. The molecule has 0 saturated heterocycles. The van der Waals surface area contributed by atoms with E-state index >= 15 is 0 Å². The molecule has 0 bridgehead atoms. The van der Waals surface area contributed by atoms with E-state index in [4.69, 9.17) is 5.11 Å². The van der Waals surface area contributed by atoms with Crippen molar-refractivity contribution >= 4 is 11.9 Å². The normalized spacial score (nSPS) is 12.2. The first-order valence-corrected chi connectivity index (χ1v) is 5.22. The Kier molecular flexibility index (Phi) is 4.09. The molecule has 92 valence electrons. The van der Waals surface area contributed by atoms with E-state index < -0.39 is 17.9 Å². The van der Waals surface area contributed by atoms with E-state index in [1.807, 2.05) is 0 Å². The summed E-state index contributed by atoms with van der Waals surface area (Å²) in [6, 6.07) is 4.52. The highest BCUT2D eigenvalue weighted by Gasteiger charge is 2.17. The molecule has 0 saturated carbocycles. The van der Waals surface area contributed by atoms with Crippen LogP contribution < -0.4 is 10.4 Å². The van der Waals surface area contributed by atoms with E-state index in [-0.39, 0.29) is 17.2 Å². The summed E-state index contributed by atoms with van der Waals surface area (Å²) in [5.41, 5.74) is 0.287. The lowest BCUT2D eigenvalue weighted by Gasteiger charge is -2.23. The zero-order valence-electron chi connectivity index (χ0n) is 9.64. The molecule has 1 rings (SSSR count). The highest BCUT2D eigenvalue weighted by molar-refractivity contribution is 5.96. The Morgan fingerprint density at radius 2 is 1.76 bits per heavy atom. The molecule has 0 aromatic heterocycles. The van der Waals surface area contributed by atoms with Crippen molar-refractivity contribution in [2.75, 3.05) is 0 Å². The van der Waals surface area contributed by atoms with Crippen LogP contribution in [0.15, 0.2) is 24.3 Å². The minimum Gasteiger partial charge on any atom is -0.548 e. The number of amides is 1. The molecule has 0 aliphatic heterocycles. The molecule has 0 aliphatic rings. The van der Waals surface area contributed by atoms with Crippen molar-refractivity contribution in [3.63, 3.8) is 0 Å². The predicted molar refractivity (Wildman–Crippen MR) is 59.2 cm³/mol. The topological polar surface area (TPSA) is 89.5 Å². The Hall–Kier alpha value is -2.04. The minimum absolute atomic E-state index is 0.0434. The van der Waals surface area contributed by atoms with Crippen molar-refractivity contribution in [3.8, 4) is 5.75 Å². The number of carboxylic acid groups (broad SMARTS) is 1. The predicted octanol–water partition coefficient (Wildman–Crippen LogP) is -0.104. The van der Waals surface area contributed by atoms with Crippen LogP contribution >= 0.6 is 0 Å². The van der Waals surface area contributed by atoms with Gasteiger partial charge in [0, 0.05) is 5.56 Å². The molecule has 0 radical (unpaired) electrons. The Bertz CT molecular complexity index is 411. The summed E-state index contributed by atoms with van der Waals surface area (Å²) < 4.78 is 0. The number of hydrogen-bond donors (Lipinski definition) is 2. The second-order valence-corrected chi connectivity index (χ2v) is 4.06. The Morgan fingerprint density at radius 3 is 2.18 bits per heavy atom. The minimum atomic E-state index is -1.31. The van der Waals surface area contributed by atoms with E-state index in [1.165, 1.54) is 24.3 Å². The first kappa shape index (κ1) is 13.0. The number of aliphatic carboxylic acids is 1. The number of rotatable bonds is 4. The number of carbonyl (C=O) groups excluding carboxylic acids is 2. The van der Waals surface area contributed by atoms with Gasteiger partial charge < -0.3 is 20.3 Å². The Balaban J connectivity index is 2.77. The molecule has 1 aromatic rings. The largest absolute Gasteiger partial charge is 0.548 e. The molecule has 1 amide bonds. The molecule has 5 nitrogen and oxygen atoms in total. The summed E-state index contributed by atoms with van der Waals surface area (Å²) in [5.74, 6) is -2.04.